The number of nitrogen functional groups attached to an aromatic ring is 1. The molecule has 0 fully saturated rings. The molecule has 0 aliphatic carbocycles. The van der Waals surface area contributed by atoms with Crippen molar-refractivity contribution in [1.82, 2.24) is 0 Å². The second-order valence-corrected chi connectivity index (χ2v) is 5.47. The molecule has 108 valence electrons. The lowest BCUT2D eigenvalue weighted by Gasteiger charge is -2.37. The second-order valence-electron chi connectivity index (χ2n) is 5.47. The van der Waals surface area contributed by atoms with Crippen LogP contribution in [0, 0.1) is 11.2 Å². The van der Waals surface area contributed by atoms with E-state index < -0.39 is 0 Å². The predicted molar refractivity (Wildman–Crippen MR) is 83.8 cm³/mol. The number of aryl methyl sites for hydroxylation is 1. The Kier molecular flexibility index (Phi) is 3.37. The fourth-order valence-corrected chi connectivity index (χ4v) is 2.93. The summed E-state index contributed by atoms with van der Waals surface area (Å²) in [6.07, 6.45) is 2.01. The Balaban J connectivity index is 2.09. The molecule has 0 aromatic heterocycles. The summed E-state index contributed by atoms with van der Waals surface area (Å²) in [6.45, 7) is 2.11. The van der Waals surface area contributed by atoms with Crippen molar-refractivity contribution in [2.24, 2.45) is 5.73 Å². The molecule has 1 aliphatic heterocycles. The third-order valence-electron chi connectivity index (χ3n) is 4.04. The maximum absolute atomic E-state index is 14.5. The minimum atomic E-state index is -0.341. The molecular formula is C17H18FN3. The van der Waals surface area contributed by atoms with Gasteiger partial charge in [-0.15, -0.1) is 0 Å². The number of benzene rings is 2. The first-order chi connectivity index (χ1) is 10.1. The van der Waals surface area contributed by atoms with E-state index in [-0.39, 0.29) is 17.7 Å². The molecule has 3 N–H and O–H groups in total. The summed E-state index contributed by atoms with van der Waals surface area (Å²) in [7, 11) is 0. The van der Waals surface area contributed by atoms with Gasteiger partial charge in [0.1, 0.15) is 11.7 Å². The molecule has 0 amide bonds. The maximum Gasteiger partial charge on any atom is 0.147 e. The van der Waals surface area contributed by atoms with Crippen LogP contribution in [0.25, 0.3) is 0 Å². The summed E-state index contributed by atoms with van der Waals surface area (Å²) in [5.41, 5.74) is 8.67. The minimum absolute atomic E-state index is 0.118. The molecule has 3 rings (SSSR count). The molecule has 0 bridgehead atoms. The van der Waals surface area contributed by atoms with Crippen molar-refractivity contribution >= 4 is 17.2 Å². The van der Waals surface area contributed by atoms with Crippen molar-refractivity contribution in [1.29, 1.82) is 5.41 Å². The average molecular weight is 283 g/mol. The lowest BCUT2D eigenvalue weighted by Crippen LogP contribution is -2.33. The predicted octanol–water partition coefficient (Wildman–Crippen LogP) is 3.58. The van der Waals surface area contributed by atoms with Gasteiger partial charge in [-0.2, -0.15) is 0 Å². The van der Waals surface area contributed by atoms with Crippen LogP contribution in [-0.2, 0) is 6.42 Å². The van der Waals surface area contributed by atoms with Crippen molar-refractivity contribution < 1.29 is 4.39 Å². The van der Waals surface area contributed by atoms with Crippen LogP contribution in [0.4, 0.5) is 15.8 Å². The van der Waals surface area contributed by atoms with Crippen LogP contribution in [0.5, 0.6) is 0 Å². The topological polar surface area (TPSA) is 53.1 Å². The molecule has 1 aliphatic rings. The van der Waals surface area contributed by atoms with Gasteiger partial charge >= 0.3 is 0 Å². The van der Waals surface area contributed by atoms with Crippen LogP contribution in [-0.4, -0.2) is 11.9 Å². The number of nitrogens with zero attached hydrogens (tertiary/aromatic N) is 1. The fourth-order valence-electron chi connectivity index (χ4n) is 2.93. The zero-order valence-electron chi connectivity index (χ0n) is 11.9. The van der Waals surface area contributed by atoms with Gasteiger partial charge in [-0.1, -0.05) is 18.2 Å². The van der Waals surface area contributed by atoms with Crippen LogP contribution >= 0.6 is 0 Å². The molecule has 2 aromatic carbocycles. The Labute approximate surface area is 123 Å². The number of nitrogens with one attached hydrogen (secondary N) is 1. The highest BCUT2D eigenvalue weighted by molar-refractivity contribution is 5.95. The Morgan fingerprint density at radius 2 is 2.00 bits per heavy atom. The zero-order valence-corrected chi connectivity index (χ0v) is 11.9. The first-order valence-electron chi connectivity index (χ1n) is 7.09. The normalized spacial score (nSPS) is 17.4. The number of para-hydroxylation sites is 1. The van der Waals surface area contributed by atoms with E-state index >= 15 is 0 Å². The number of nitrogens with two attached hydrogens (primary N) is 1. The molecule has 1 atom stereocenters. The van der Waals surface area contributed by atoms with Gasteiger partial charge in [-0.25, -0.2) is 4.39 Å². The van der Waals surface area contributed by atoms with Crippen LogP contribution < -0.4 is 10.6 Å². The van der Waals surface area contributed by atoms with Crippen molar-refractivity contribution in [3.05, 3.63) is 59.4 Å². The standard InChI is InChI=1S/C17H18FN3/c1-11-6-7-12-4-2-3-5-15(12)21(11)16-9-8-13(17(19)20)10-14(16)18/h2-5,8-11H,6-7H2,1H3,(H3,19,20). The summed E-state index contributed by atoms with van der Waals surface area (Å²) in [5, 5.41) is 7.40. The van der Waals surface area contributed by atoms with E-state index in [4.69, 9.17) is 11.1 Å². The molecule has 0 saturated carbocycles. The summed E-state index contributed by atoms with van der Waals surface area (Å²) < 4.78 is 14.5. The van der Waals surface area contributed by atoms with Crippen molar-refractivity contribution in [3.63, 3.8) is 0 Å². The highest BCUT2D eigenvalue weighted by atomic mass is 19.1. The van der Waals surface area contributed by atoms with Gasteiger partial charge in [0, 0.05) is 17.3 Å². The van der Waals surface area contributed by atoms with Crippen molar-refractivity contribution in [2.75, 3.05) is 4.90 Å². The van der Waals surface area contributed by atoms with E-state index in [1.54, 1.807) is 12.1 Å². The molecule has 0 radical (unpaired) electrons. The molecular weight excluding hydrogens is 265 g/mol. The van der Waals surface area contributed by atoms with E-state index in [0.717, 1.165) is 18.5 Å². The van der Waals surface area contributed by atoms with Gasteiger partial charge in [0.2, 0.25) is 0 Å². The Bertz CT molecular complexity index is 696. The minimum Gasteiger partial charge on any atom is -0.384 e. The first-order valence-corrected chi connectivity index (χ1v) is 7.09. The number of rotatable bonds is 2. The van der Waals surface area contributed by atoms with Gasteiger partial charge in [0.05, 0.1) is 5.69 Å². The highest BCUT2D eigenvalue weighted by Crippen LogP contribution is 2.37. The largest absolute Gasteiger partial charge is 0.384 e. The molecule has 3 nitrogen and oxygen atoms in total. The van der Waals surface area contributed by atoms with E-state index in [9.17, 15) is 4.39 Å². The summed E-state index contributed by atoms with van der Waals surface area (Å²) >= 11 is 0. The number of anilines is 2. The van der Waals surface area contributed by atoms with E-state index in [2.05, 4.69) is 13.0 Å². The highest BCUT2D eigenvalue weighted by Gasteiger charge is 2.26. The number of hydrogen-bond donors (Lipinski definition) is 2. The number of fused-ring (bicyclic) bond motifs is 1. The fraction of sp³-hybridized carbons (Fsp3) is 0.235. The summed E-state index contributed by atoms with van der Waals surface area (Å²) in [5.74, 6) is -0.459. The summed E-state index contributed by atoms with van der Waals surface area (Å²) in [6, 6.07) is 13.1. The monoisotopic (exact) mass is 283 g/mol. The van der Waals surface area contributed by atoms with Crippen molar-refractivity contribution in [3.8, 4) is 0 Å². The molecule has 0 spiro atoms. The third kappa shape index (κ3) is 2.37. The van der Waals surface area contributed by atoms with Gasteiger partial charge in [-0.05, 0) is 49.6 Å². The molecule has 2 aromatic rings. The maximum atomic E-state index is 14.5. The second kappa shape index (κ2) is 5.20. The van der Waals surface area contributed by atoms with Crippen LogP contribution in [0.15, 0.2) is 42.5 Å². The van der Waals surface area contributed by atoms with Gasteiger partial charge in [-0.3, -0.25) is 5.41 Å². The number of halogens is 1. The lowest BCUT2D eigenvalue weighted by molar-refractivity contribution is 0.584. The average Bonchev–Trinajstić information content (AvgIpc) is 2.48. The Morgan fingerprint density at radius 1 is 1.24 bits per heavy atom. The van der Waals surface area contributed by atoms with Crippen LogP contribution in [0.3, 0.4) is 0 Å². The first kappa shape index (κ1) is 13.6. The molecule has 21 heavy (non-hydrogen) atoms. The Morgan fingerprint density at radius 3 is 2.71 bits per heavy atom. The quantitative estimate of drug-likeness (QED) is 0.654. The van der Waals surface area contributed by atoms with Gasteiger partial charge in [0.25, 0.3) is 0 Å². The molecule has 0 saturated heterocycles. The smallest absolute Gasteiger partial charge is 0.147 e. The molecule has 1 unspecified atom stereocenters. The summed E-state index contributed by atoms with van der Waals surface area (Å²) in [4.78, 5) is 2.04. The SMILES string of the molecule is CC1CCc2ccccc2N1c1ccc(C(=N)N)cc1F. The molecule has 1 heterocycles. The lowest BCUT2D eigenvalue weighted by atomic mass is 9.95. The van der Waals surface area contributed by atoms with Crippen molar-refractivity contribution in [2.45, 2.75) is 25.8 Å². The van der Waals surface area contributed by atoms with Gasteiger partial charge < -0.3 is 10.6 Å². The Hall–Kier alpha value is -2.36. The number of amidine groups is 1. The third-order valence-corrected chi connectivity index (χ3v) is 4.04. The van der Waals surface area contributed by atoms with Gasteiger partial charge in [0.15, 0.2) is 0 Å². The number of hydrogen-bond acceptors (Lipinski definition) is 2. The zero-order chi connectivity index (χ0) is 15.0. The van der Waals surface area contributed by atoms with E-state index in [0.29, 0.717) is 11.3 Å². The van der Waals surface area contributed by atoms with Crippen LogP contribution in [0.1, 0.15) is 24.5 Å². The molecule has 4 heteroatoms. The van der Waals surface area contributed by atoms with E-state index in [1.807, 2.05) is 23.1 Å². The van der Waals surface area contributed by atoms with Crippen LogP contribution in [0.2, 0.25) is 0 Å². The van der Waals surface area contributed by atoms with E-state index in [1.165, 1.54) is 11.6 Å².